The molecular formula is C17H18N4O7. The van der Waals surface area contributed by atoms with Gasteiger partial charge >= 0.3 is 11.7 Å². The Morgan fingerprint density at radius 1 is 1.14 bits per heavy atom. The van der Waals surface area contributed by atoms with Crippen molar-refractivity contribution in [3.8, 4) is 6.01 Å². The maximum Gasteiger partial charge on any atom is 0.327 e. The molecule has 148 valence electrons. The zero-order chi connectivity index (χ0) is 19.8. The average molecular weight is 390 g/mol. The molecule has 4 atom stereocenters. The predicted octanol–water partition coefficient (Wildman–Crippen LogP) is -1.40. The second-order valence-electron chi connectivity index (χ2n) is 6.37. The number of ether oxygens (including phenoxy) is 2. The molecule has 11 nitrogen and oxygen atoms in total. The van der Waals surface area contributed by atoms with Crippen LogP contribution in [0.3, 0.4) is 0 Å². The van der Waals surface area contributed by atoms with Gasteiger partial charge in [0.1, 0.15) is 24.9 Å². The number of imidazole rings is 1. The number of H-pyrrole nitrogens is 2. The van der Waals surface area contributed by atoms with Crippen molar-refractivity contribution in [2.24, 2.45) is 0 Å². The molecule has 28 heavy (non-hydrogen) atoms. The van der Waals surface area contributed by atoms with Gasteiger partial charge in [0, 0.05) is 0 Å². The van der Waals surface area contributed by atoms with E-state index in [0.29, 0.717) is 0 Å². The molecular weight excluding hydrogens is 372 g/mol. The summed E-state index contributed by atoms with van der Waals surface area (Å²) in [5.74, 6) is 0. The number of aliphatic hydroxyl groups is 3. The molecule has 1 saturated heterocycles. The van der Waals surface area contributed by atoms with Gasteiger partial charge in [-0.15, -0.1) is 0 Å². The second kappa shape index (κ2) is 7.20. The first-order valence-electron chi connectivity index (χ1n) is 8.53. The fourth-order valence-electron chi connectivity index (χ4n) is 3.14. The first-order valence-corrected chi connectivity index (χ1v) is 8.53. The molecule has 1 aliphatic heterocycles. The summed E-state index contributed by atoms with van der Waals surface area (Å²) in [5.41, 5.74) is -0.856. The molecule has 11 heteroatoms. The topological polar surface area (TPSA) is 163 Å². The Morgan fingerprint density at radius 3 is 2.57 bits per heavy atom. The second-order valence-corrected chi connectivity index (χ2v) is 6.37. The molecule has 0 radical (unpaired) electrons. The van der Waals surface area contributed by atoms with E-state index < -0.39 is 42.4 Å². The molecule has 0 aliphatic carbocycles. The normalized spacial score (nSPS) is 24.7. The molecule has 5 N–H and O–H groups in total. The van der Waals surface area contributed by atoms with Crippen LogP contribution in [0.15, 0.2) is 39.9 Å². The van der Waals surface area contributed by atoms with Crippen LogP contribution < -0.4 is 16.0 Å². The third-order valence-corrected chi connectivity index (χ3v) is 4.54. The smallest absolute Gasteiger partial charge is 0.327 e. The average Bonchev–Trinajstić information content (AvgIpc) is 3.18. The highest BCUT2D eigenvalue weighted by molar-refractivity contribution is 5.71. The number of nitrogens with one attached hydrogen (secondary N) is 2. The van der Waals surface area contributed by atoms with E-state index >= 15 is 0 Å². The van der Waals surface area contributed by atoms with Crippen molar-refractivity contribution in [1.82, 2.24) is 19.5 Å². The van der Waals surface area contributed by atoms with Crippen LogP contribution in [0.4, 0.5) is 0 Å². The van der Waals surface area contributed by atoms with Gasteiger partial charge in [0.2, 0.25) is 0 Å². The van der Waals surface area contributed by atoms with Crippen molar-refractivity contribution in [3.63, 3.8) is 0 Å². The number of benzene rings is 1. The third-order valence-electron chi connectivity index (χ3n) is 4.54. The lowest BCUT2D eigenvalue weighted by Crippen LogP contribution is -2.33. The van der Waals surface area contributed by atoms with Gasteiger partial charge in [0.15, 0.2) is 17.4 Å². The molecule has 0 unspecified atom stereocenters. The lowest BCUT2D eigenvalue weighted by Gasteiger charge is -2.19. The van der Waals surface area contributed by atoms with Crippen molar-refractivity contribution < 1.29 is 24.8 Å². The molecule has 3 aromatic rings. The monoisotopic (exact) mass is 390 g/mol. The Labute approximate surface area is 156 Å². The van der Waals surface area contributed by atoms with Crippen molar-refractivity contribution in [2.45, 2.75) is 31.1 Å². The SMILES string of the molecule is O=c1[nH]c(=O)c2nc(OCc3ccccc3)n([C@H]3O[C@@H](CO)[C@@H](O)[C@H]3O)c2[nH]1. The summed E-state index contributed by atoms with van der Waals surface area (Å²) in [4.78, 5) is 32.5. The van der Waals surface area contributed by atoms with Gasteiger partial charge in [-0.05, 0) is 5.56 Å². The zero-order valence-electron chi connectivity index (χ0n) is 14.5. The summed E-state index contributed by atoms with van der Waals surface area (Å²) in [6.45, 7) is -0.431. The minimum atomic E-state index is -1.45. The van der Waals surface area contributed by atoms with Crippen LogP contribution in [-0.4, -0.2) is 59.8 Å². The molecule has 1 aliphatic rings. The lowest BCUT2D eigenvalue weighted by atomic mass is 10.1. The molecule has 4 rings (SSSR count). The summed E-state index contributed by atoms with van der Waals surface area (Å²) >= 11 is 0. The highest BCUT2D eigenvalue weighted by Crippen LogP contribution is 2.34. The van der Waals surface area contributed by atoms with Gasteiger partial charge in [-0.2, -0.15) is 4.98 Å². The highest BCUT2D eigenvalue weighted by Gasteiger charge is 2.45. The van der Waals surface area contributed by atoms with E-state index in [0.717, 1.165) is 5.56 Å². The van der Waals surface area contributed by atoms with Gasteiger partial charge in [-0.1, -0.05) is 30.3 Å². The first kappa shape index (κ1) is 18.4. The van der Waals surface area contributed by atoms with Crippen LogP contribution in [0, 0.1) is 0 Å². The maximum atomic E-state index is 12.1. The number of aliphatic hydroxyl groups excluding tert-OH is 3. The van der Waals surface area contributed by atoms with Gasteiger partial charge < -0.3 is 24.8 Å². The molecule has 0 spiro atoms. The maximum absolute atomic E-state index is 12.1. The van der Waals surface area contributed by atoms with E-state index in [1.165, 1.54) is 4.57 Å². The van der Waals surface area contributed by atoms with Gasteiger partial charge in [0.05, 0.1) is 6.61 Å². The number of aromatic amines is 2. The van der Waals surface area contributed by atoms with E-state index in [9.17, 15) is 24.9 Å². The van der Waals surface area contributed by atoms with Crippen LogP contribution in [0.2, 0.25) is 0 Å². The largest absolute Gasteiger partial charge is 0.460 e. The summed E-state index contributed by atoms with van der Waals surface area (Å²) in [7, 11) is 0. The van der Waals surface area contributed by atoms with Crippen molar-refractivity contribution in [3.05, 3.63) is 56.7 Å². The number of hydrogen-bond acceptors (Lipinski definition) is 8. The predicted molar refractivity (Wildman–Crippen MR) is 94.8 cm³/mol. The fraction of sp³-hybridized carbons (Fsp3) is 0.353. The van der Waals surface area contributed by atoms with E-state index in [-0.39, 0.29) is 23.8 Å². The zero-order valence-corrected chi connectivity index (χ0v) is 14.5. The Kier molecular flexibility index (Phi) is 4.73. The van der Waals surface area contributed by atoms with E-state index in [1.807, 2.05) is 30.3 Å². The van der Waals surface area contributed by atoms with Crippen LogP contribution in [0.1, 0.15) is 11.8 Å². The van der Waals surface area contributed by atoms with Crippen molar-refractivity contribution in [2.75, 3.05) is 6.61 Å². The molecule has 3 heterocycles. The van der Waals surface area contributed by atoms with Gasteiger partial charge in [-0.25, -0.2) is 9.36 Å². The summed E-state index contributed by atoms with van der Waals surface area (Å²) in [5, 5.41) is 29.8. The number of fused-ring (bicyclic) bond motifs is 1. The third kappa shape index (κ3) is 3.10. The number of aromatic nitrogens is 4. The minimum Gasteiger partial charge on any atom is -0.460 e. The molecule has 1 aromatic carbocycles. The van der Waals surface area contributed by atoms with E-state index in [1.54, 1.807) is 0 Å². The Bertz CT molecular complexity index is 1090. The summed E-state index contributed by atoms with van der Waals surface area (Å²) < 4.78 is 12.4. The number of nitrogens with zero attached hydrogens (tertiary/aromatic N) is 2. The van der Waals surface area contributed by atoms with Crippen molar-refractivity contribution in [1.29, 1.82) is 0 Å². The minimum absolute atomic E-state index is 0.0355. The van der Waals surface area contributed by atoms with E-state index in [4.69, 9.17) is 9.47 Å². The van der Waals surface area contributed by atoms with Crippen LogP contribution in [-0.2, 0) is 11.3 Å². The Balaban J connectivity index is 1.80. The molecule has 1 fully saturated rings. The quantitative estimate of drug-likeness (QED) is 0.355. The lowest BCUT2D eigenvalue weighted by molar-refractivity contribution is -0.0545. The summed E-state index contributed by atoms with van der Waals surface area (Å²) in [6.07, 6.45) is -5.10. The Hall–Kier alpha value is -2.99. The number of rotatable bonds is 5. The standard InChI is InChI=1S/C17H18N4O7/c22-6-9-11(23)12(24)15(28-9)21-13-10(14(25)20-16(26)19-13)18-17(21)27-7-8-4-2-1-3-5-8/h1-5,9,11-12,15,22-24H,6-7H2,(H2,19,20,25,26)/t9-,11+,12+,15-/m0/s1. The molecule has 2 aromatic heterocycles. The molecule has 0 saturated carbocycles. The summed E-state index contributed by atoms with van der Waals surface area (Å²) in [6, 6.07) is 9.07. The van der Waals surface area contributed by atoms with Crippen LogP contribution in [0.25, 0.3) is 11.2 Å². The van der Waals surface area contributed by atoms with Gasteiger partial charge in [-0.3, -0.25) is 14.8 Å². The first-order chi connectivity index (χ1) is 13.5. The Morgan fingerprint density at radius 2 is 1.89 bits per heavy atom. The highest BCUT2D eigenvalue weighted by atomic mass is 16.6. The van der Waals surface area contributed by atoms with Crippen LogP contribution in [0.5, 0.6) is 6.01 Å². The van der Waals surface area contributed by atoms with Crippen molar-refractivity contribution >= 4 is 11.2 Å². The molecule has 0 amide bonds. The number of hydrogen-bond donors (Lipinski definition) is 5. The van der Waals surface area contributed by atoms with Crippen LogP contribution >= 0.6 is 0 Å². The van der Waals surface area contributed by atoms with E-state index in [2.05, 4.69) is 15.0 Å². The van der Waals surface area contributed by atoms with Gasteiger partial charge in [0.25, 0.3) is 5.56 Å². The molecule has 0 bridgehead atoms. The fourth-order valence-corrected chi connectivity index (χ4v) is 3.14.